The van der Waals surface area contributed by atoms with Gasteiger partial charge in [-0.1, -0.05) is 0 Å². The van der Waals surface area contributed by atoms with Crippen LogP contribution in [0.5, 0.6) is 0 Å². The highest BCUT2D eigenvalue weighted by Gasteiger charge is 2.36. The van der Waals surface area contributed by atoms with E-state index in [0.717, 1.165) is 12.8 Å². The number of urea groups is 1. The van der Waals surface area contributed by atoms with Gasteiger partial charge in [0.1, 0.15) is 6.04 Å². The zero-order chi connectivity index (χ0) is 15.4. The fourth-order valence-electron chi connectivity index (χ4n) is 3.15. The molecule has 1 saturated heterocycles. The van der Waals surface area contributed by atoms with E-state index in [9.17, 15) is 14.4 Å². The minimum Gasteiger partial charge on any atom is -0.481 e. The van der Waals surface area contributed by atoms with E-state index >= 15 is 0 Å². The summed E-state index contributed by atoms with van der Waals surface area (Å²) in [5, 5.41) is 11.8. The molecular weight excluding hydrogens is 276 g/mol. The molecule has 21 heavy (non-hydrogen) atoms. The lowest BCUT2D eigenvalue weighted by molar-refractivity contribution is -0.147. The highest BCUT2D eigenvalue weighted by atomic mass is 16.5. The van der Waals surface area contributed by atoms with E-state index in [-0.39, 0.29) is 24.0 Å². The number of carboxylic acids is 1. The Hall–Kier alpha value is -1.79. The van der Waals surface area contributed by atoms with Crippen LogP contribution >= 0.6 is 0 Å². The molecular formula is C14H22N2O5. The van der Waals surface area contributed by atoms with Crippen molar-refractivity contribution in [1.82, 2.24) is 10.2 Å². The normalized spacial score (nSPS) is 29.0. The molecule has 0 radical (unpaired) electrons. The number of carboxylic acid groups (broad SMARTS) is 1. The van der Waals surface area contributed by atoms with E-state index in [1.807, 2.05) is 0 Å². The maximum atomic E-state index is 12.3. The van der Waals surface area contributed by atoms with Crippen LogP contribution in [0.1, 0.15) is 38.5 Å². The second-order valence-electron chi connectivity index (χ2n) is 5.72. The molecule has 1 unspecified atom stereocenters. The lowest BCUT2D eigenvalue weighted by Crippen LogP contribution is -2.53. The molecule has 1 saturated carbocycles. The van der Waals surface area contributed by atoms with Crippen molar-refractivity contribution in [3.63, 3.8) is 0 Å². The Kier molecular flexibility index (Phi) is 5.03. The Bertz CT molecular complexity index is 426. The molecule has 3 atom stereocenters. The lowest BCUT2D eigenvalue weighted by Gasteiger charge is -2.34. The third-order valence-corrected chi connectivity index (χ3v) is 4.35. The van der Waals surface area contributed by atoms with Crippen LogP contribution in [0.4, 0.5) is 4.79 Å². The van der Waals surface area contributed by atoms with Gasteiger partial charge in [-0.3, -0.25) is 4.79 Å². The number of hydrogen-bond donors (Lipinski definition) is 2. The second kappa shape index (κ2) is 6.78. The van der Waals surface area contributed by atoms with Gasteiger partial charge < -0.3 is 20.1 Å². The summed E-state index contributed by atoms with van der Waals surface area (Å²) in [7, 11) is 1.32. The standard InChI is InChI=1S/C14H22N2O5/c1-21-13(19)11-4-2-3-7-16(11)14(20)15-10-6-5-9(8-10)12(17)18/h9-11H,2-8H2,1H3,(H,15,20)(H,17,18)/t9-,10+,11?/m1/s1. The number of likely N-dealkylation sites (tertiary alicyclic amines) is 1. The van der Waals surface area contributed by atoms with Crippen molar-refractivity contribution < 1.29 is 24.2 Å². The molecule has 7 heteroatoms. The average molecular weight is 298 g/mol. The number of aliphatic carboxylic acids is 1. The van der Waals surface area contributed by atoms with Crippen LogP contribution in [-0.2, 0) is 14.3 Å². The molecule has 2 amide bonds. The zero-order valence-corrected chi connectivity index (χ0v) is 12.2. The predicted molar refractivity (Wildman–Crippen MR) is 73.7 cm³/mol. The summed E-state index contributed by atoms with van der Waals surface area (Å²) in [6.07, 6.45) is 4.08. The van der Waals surface area contributed by atoms with Crippen molar-refractivity contribution in [2.45, 2.75) is 50.6 Å². The van der Waals surface area contributed by atoms with Gasteiger partial charge in [-0.15, -0.1) is 0 Å². The first-order valence-electron chi connectivity index (χ1n) is 7.40. The number of nitrogens with one attached hydrogen (secondary N) is 1. The average Bonchev–Trinajstić information content (AvgIpc) is 2.95. The molecule has 2 rings (SSSR count). The molecule has 0 bridgehead atoms. The number of esters is 1. The highest BCUT2D eigenvalue weighted by Crippen LogP contribution is 2.26. The van der Waals surface area contributed by atoms with E-state index in [1.165, 1.54) is 12.0 Å². The first-order valence-corrected chi connectivity index (χ1v) is 7.40. The summed E-state index contributed by atoms with van der Waals surface area (Å²) < 4.78 is 4.75. The van der Waals surface area contributed by atoms with Crippen LogP contribution in [0.15, 0.2) is 0 Å². The van der Waals surface area contributed by atoms with Crippen LogP contribution in [0.25, 0.3) is 0 Å². The first kappa shape index (κ1) is 15.6. The molecule has 1 heterocycles. The molecule has 2 N–H and O–H groups in total. The predicted octanol–water partition coefficient (Wildman–Crippen LogP) is 0.977. The van der Waals surface area contributed by atoms with Crippen molar-refractivity contribution >= 4 is 18.0 Å². The summed E-state index contributed by atoms with van der Waals surface area (Å²) in [4.78, 5) is 36.5. The molecule has 2 fully saturated rings. The van der Waals surface area contributed by atoms with Gasteiger partial charge in [0.15, 0.2) is 0 Å². The number of piperidine rings is 1. The van der Waals surface area contributed by atoms with E-state index < -0.39 is 12.0 Å². The Morgan fingerprint density at radius 1 is 1.19 bits per heavy atom. The number of ether oxygens (including phenoxy) is 1. The van der Waals surface area contributed by atoms with Crippen LogP contribution in [0, 0.1) is 5.92 Å². The van der Waals surface area contributed by atoms with Crippen LogP contribution < -0.4 is 5.32 Å². The maximum Gasteiger partial charge on any atom is 0.328 e. The fraction of sp³-hybridized carbons (Fsp3) is 0.786. The molecule has 118 valence electrons. The van der Waals surface area contributed by atoms with E-state index in [1.54, 1.807) is 0 Å². The number of hydrogen-bond acceptors (Lipinski definition) is 4. The van der Waals surface area contributed by atoms with Crippen molar-refractivity contribution in [1.29, 1.82) is 0 Å². The maximum absolute atomic E-state index is 12.3. The van der Waals surface area contributed by atoms with Crippen molar-refractivity contribution in [3.8, 4) is 0 Å². The largest absolute Gasteiger partial charge is 0.481 e. The fourth-order valence-corrected chi connectivity index (χ4v) is 3.15. The third-order valence-electron chi connectivity index (χ3n) is 4.35. The Morgan fingerprint density at radius 3 is 2.57 bits per heavy atom. The second-order valence-corrected chi connectivity index (χ2v) is 5.72. The molecule has 1 aliphatic heterocycles. The van der Waals surface area contributed by atoms with Gasteiger partial charge in [0.2, 0.25) is 0 Å². The van der Waals surface area contributed by atoms with Crippen LogP contribution in [0.2, 0.25) is 0 Å². The number of methoxy groups -OCH3 is 1. The number of nitrogens with zero attached hydrogens (tertiary/aromatic N) is 1. The number of rotatable bonds is 3. The Labute approximate surface area is 123 Å². The van der Waals surface area contributed by atoms with Gasteiger partial charge in [0, 0.05) is 12.6 Å². The molecule has 0 aromatic carbocycles. The van der Waals surface area contributed by atoms with Gasteiger partial charge in [0.25, 0.3) is 0 Å². The minimum atomic E-state index is -0.808. The lowest BCUT2D eigenvalue weighted by atomic mass is 10.0. The van der Waals surface area contributed by atoms with Crippen molar-refractivity contribution in [2.75, 3.05) is 13.7 Å². The molecule has 1 aliphatic carbocycles. The molecule has 0 aromatic rings. The van der Waals surface area contributed by atoms with Crippen molar-refractivity contribution in [3.05, 3.63) is 0 Å². The molecule has 0 aromatic heterocycles. The molecule has 0 spiro atoms. The van der Waals surface area contributed by atoms with Gasteiger partial charge >= 0.3 is 18.0 Å². The number of carbonyl (C=O) groups is 3. The van der Waals surface area contributed by atoms with Crippen LogP contribution in [-0.4, -0.2) is 53.7 Å². The zero-order valence-electron chi connectivity index (χ0n) is 12.2. The highest BCUT2D eigenvalue weighted by molar-refractivity contribution is 5.84. The first-order chi connectivity index (χ1) is 10.0. The van der Waals surface area contributed by atoms with Crippen molar-refractivity contribution in [2.24, 2.45) is 5.92 Å². The summed E-state index contributed by atoms with van der Waals surface area (Å²) >= 11 is 0. The topological polar surface area (TPSA) is 95.9 Å². The van der Waals surface area contributed by atoms with E-state index in [0.29, 0.717) is 32.2 Å². The molecule has 2 aliphatic rings. The van der Waals surface area contributed by atoms with E-state index in [4.69, 9.17) is 9.84 Å². The van der Waals surface area contributed by atoms with Gasteiger partial charge in [-0.2, -0.15) is 0 Å². The van der Waals surface area contributed by atoms with Gasteiger partial charge in [-0.25, -0.2) is 9.59 Å². The van der Waals surface area contributed by atoms with Crippen LogP contribution in [0.3, 0.4) is 0 Å². The minimum absolute atomic E-state index is 0.126. The third kappa shape index (κ3) is 3.65. The smallest absolute Gasteiger partial charge is 0.328 e. The Morgan fingerprint density at radius 2 is 1.95 bits per heavy atom. The quantitative estimate of drug-likeness (QED) is 0.757. The van der Waals surface area contributed by atoms with Gasteiger partial charge in [-0.05, 0) is 38.5 Å². The number of amides is 2. The summed E-state index contributed by atoms with van der Waals surface area (Å²) in [5.74, 6) is -1.58. The summed E-state index contributed by atoms with van der Waals surface area (Å²) in [6.45, 7) is 0.528. The summed E-state index contributed by atoms with van der Waals surface area (Å²) in [6, 6.07) is -0.944. The van der Waals surface area contributed by atoms with E-state index in [2.05, 4.69) is 5.32 Å². The number of carbonyl (C=O) groups excluding carboxylic acids is 2. The Balaban J connectivity index is 1.92. The summed E-state index contributed by atoms with van der Waals surface area (Å²) in [5.41, 5.74) is 0. The molecule has 7 nitrogen and oxygen atoms in total. The van der Waals surface area contributed by atoms with Gasteiger partial charge in [0.05, 0.1) is 13.0 Å². The SMILES string of the molecule is COC(=O)C1CCCCN1C(=O)N[C@H]1CC[C@@H](C(=O)O)C1. The monoisotopic (exact) mass is 298 g/mol.